The van der Waals surface area contributed by atoms with Gasteiger partial charge in [-0.25, -0.2) is 9.78 Å². The van der Waals surface area contributed by atoms with Gasteiger partial charge in [-0.3, -0.25) is 9.89 Å². The van der Waals surface area contributed by atoms with Crippen LogP contribution in [0.4, 0.5) is 0 Å². The third-order valence-electron chi connectivity index (χ3n) is 3.08. The highest BCUT2D eigenvalue weighted by Crippen LogP contribution is 2.26. The molecule has 118 valence electrons. The van der Waals surface area contributed by atoms with E-state index in [9.17, 15) is 9.59 Å². The lowest BCUT2D eigenvalue weighted by Crippen LogP contribution is -2.23. The van der Waals surface area contributed by atoms with Gasteiger partial charge in [0.2, 0.25) is 0 Å². The number of aromatic amines is 1. The van der Waals surface area contributed by atoms with Gasteiger partial charge in [0, 0.05) is 0 Å². The molecule has 0 spiro atoms. The van der Waals surface area contributed by atoms with Gasteiger partial charge in [0.25, 0.3) is 11.3 Å². The molecule has 0 aliphatic rings. The molecule has 9 nitrogen and oxygen atoms in total. The number of carboxylic acids is 1. The maximum atomic E-state index is 12.0. The van der Waals surface area contributed by atoms with Crippen LogP contribution in [0.1, 0.15) is 16.2 Å². The third kappa shape index (κ3) is 2.71. The third-order valence-corrected chi connectivity index (χ3v) is 3.08. The van der Waals surface area contributed by atoms with Crippen molar-refractivity contribution in [3.8, 4) is 11.5 Å². The maximum Gasteiger partial charge on any atom is 0.343 e. The van der Waals surface area contributed by atoms with Crippen molar-refractivity contribution in [3.05, 3.63) is 52.2 Å². The second kappa shape index (κ2) is 5.79. The largest absolute Gasteiger partial charge is 0.493 e. The first kappa shape index (κ1) is 14.6. The molecular formula is C14H12N4O5. The van der Waals surface area contributed by atoms with Gasteiger partial charge in [0.05, 0.1) is 13.3 Å². The topological polar surface area (TPSA) is 119 Å². The molecule has 0 aliphatic heterocycles. The second-order valence-corrected chi connectivity index (χ2v) is 4.53. The van der Waals surface area contributed by atoms with Gasteiger partial charge in [-0.05, 0) is 12.1 Å². The van der Waals surface area contributed by atoms with Crippen molar-refractivity contribution in [1.82, 2.24) is 19.6 Å². The fourth-order valence-corrected chi connectivity index (χ4v) is 2.00. The molecule has 3 aromatic rings. The highest BCUT2D eigenvalue weighted by molar-refractivity contribution is 5.86. The van der Waals surface area contributed by atoms with Crippen LogP contribution >= 0.6 is 0 Å². The first-order chi connectivity index (χ1) is 11.1. The maximum absolute atomic E-state index is 12.0. The van der Waals surface area contributed by atoms with Crippen LogP contribution in [-0.4, -0.2) is 37.8 Å². The summed E-state index contributed by atoms with van der Waals surface area (Å²) in [5.74, 6) is 0.119. The molecule has 0 saturated carbocycles. The zero-order chi connectivity index (χ0) is 16.4. The van der Waals surface area contributed by atoms with Gasteiger partial charge in [-0.2, -0.15) is 9.50 Å². The van der Waals surface area contributed by atoms with E-state index in [2.05, 4.69) is 15.1 Å². The quantitative estimate of drug-likeness (QED) is 0.711. The summed E-state index contributed by atoms with van der Waals surface area (Å²) in [7, 11) is 1.53. The van der Waals surface area contributed by atoms with E-state index in [0.29, 0.717) is 17.3 Å². The van der Waals surface area contributed by atoms with E-state index in [1.165, 1.54) is 7.11 Å². The summed E-state index contributed by atoms with van der Waals surface area (Å²) in [6.07, 6.45) is 0.978. The molecule has 0 saturated heterocycles. The Morgan fingerprint density at radius 1 is 1.35 bits per heavy atom. The molecule has 0 aliphatic carbocycles. The first-order valence-electron chi connectivity index (χ1n) is 6.56. The van der Waals surface area contributed by atoms with Crippen LogP contribution in [0.2, 0.25) is 0 Å². The van der Waals surface area contributed by atoms with E-state index in [1.807, 2.05) is 6.07 Å². The molecule has 0 fully saturated rings. The van der Waals surface area contributed by atoms with Gasteiger partial charge in [0.15, 0.2) is 17.3 Å². The molecule has 23 heavy (non-hydrogen) atoms. The zero-order valence-corrected chi connectivity index (χ0v) is 12.0. The van der Waals surface area contributed by atoms with Crippen molar-refractivity contribution in [3.63, 3.8) is 0 Å². The van der Waals surface area contributed by atoms with Crippen LogP contribution in [0.15, 0.2) is 35.3 Å². The smallest absolute Gasteiger partial charge is 0.343 e. The predicted octanol–water partition coefficient (Wildman–Crippen LogP) is 0.703. The molecule has 0 unspecified atom stereocenters. The van der Waals surface area contributed by atoms with Crippen molar-refractivity contribution < 1.29 is 19.4 Å². The lowest BCUT2D eigenvalue weighted by molar-refractivity contribution is 0.0694. The Balaban J connectivity index is 1.88. The number of hydrogen-bond acceptors (Lipinski definition) is 6. The lowest BCUT2D eigenvalue weighted by atomic mass is 10.3. The van der Waals surface area contributed by atoms with Crippen LogP contribution in [0.25, 0.3) is 5.78 Å². The monoisotopic (exact) mass is 316 g/mol. The minimum Gasteiger partial charge on any atom is -0.493 e. The number of nitrogens with one attached hydrogen (secondary N) is 1. The van der Waals surface area contributed by atoms with Gasteiger partial charge in [-0.1, -0.05) is 12.1 Å². The minimum atomic E-state index is -1.35. The summed E-state index contributed by atoms with van der Waals surface area (Å²) < 4.78 is 11.7. The second-order valence-electron chi connectivity index (χ2n) is 4.53. The lowest BCUT2D eigenvalue weighted by Gasteiger charge is -2.08. The van der Waals surface area contributed by atoms with E-state index >= 15 is 0 Å². The number of carbonyl (C=O) groups is 1. The van der Waals surface area contributed by atoms with E-state index in [1.54, 1.807) is 18.2 Å². The Morgan fingerprint density at radius 3 is 2.78 bits per heavy atom. The van der Waals surface area contributed by atoms with Gasteiger partial charge in [0.1, 0.15) is 12.2 Å². The fraction of sp³-hybridized carbons (Fsp3) is 0.143. The van der Waals surface area contributed by atoms with Crippen molar-refractivity contribution >= 4 is 11.7 Å². The number of para-hydroxylation sites is 2. The van der Waals surface area contributed by atoms with Crippen molar-refractivity contribution in [2.75, 3.05) is 7.11 Å². The molecule has 0 amide bonds. The zero-order valence-electron chi connectivity index (χ0n) is 12.0. The summed E-state index contributed by atoms with van der Waals surface area (Å²) in [5.41, 5.74) is -1.18. The van der Waals surface area contributed by atoms with Crippen molar-refractivity contribution in [1.29, 1.82) is 0 Å². The van der Waals surface area contributed by atoms with Gasteiger partial charge < -0.3 is 14.6 Å². The number of aromatic nitrogens is 4. The van der Waals surface area contributed by atoms with Crippen LogP contribution in [0.5, 0.6) is 11.5 Å². The van der Waals surface area contributed by atoms with E-state index in [4.69, 9.17) is 14.6 Å². The molecular weight excluding hydrogens is 304 g/mol. The molecule has 2 N–H and O–H groups in total. The van der Waals surface area contributed by atoms with Gasteiger partial charge in [-0.15, -0.1) is 0 Å². The Hall–Kier alpha value is -3.36. The number of ether oxygens (including phenoxy) is 2. The minimum absolute atomic E-state index is 0.0333. The summed E-state index contributed by atoms with van der Waals surface area (Å²) in [6.45, 7) is 0.0333. The number of carboxylic acid groups (broad SMARTS) is 1. The standard InChI is InChI=1S/C14H12N4O5/c1-22-9-4-2-3-5-10(9)23-7-11-16-14-15-6-8(13(20)21)12(19)18(14)17-11/h2-6H,7H2,1H3,(H,20,21)(H,15,16,17). The summed E-state index contributed by atoms with van der Waals surface area (Å²) in [6, 6.07) is 7.08. The van der Waals surface area contributed by atoms with Crippen LogP contribution in [0, 0.1) is 0 Å². The Bertz CT molecular complexity index is 930. The average molecular weight is 316 g/mol. The SMILES string of the molecule is COc1ccccc1OCc1nc2ncc(C(=O)O)c(=O)n2[nH]1. The molecule has 0 atom stereocenters. The molecule has 1 aromatic carbocycles. The fourth-order valence-electron chi connectivity index (χ4n) is 2.00. The van der Waals surface area contributed by atoms with Crippen LogP contribution in [0.3, 0.4) is 0 Å². The summed E-state index contributed by atoms with van der Waals surface area (Å²) in [5, 5.41) is 11.6. The highest BCUT2D eigenvalue weighted by atomic mass is 16.5. The number of aromatic carboxylic acids is 1. The van der Waals surface area contributed by atoms with E-state index in [0.717, 1.165) is 10.7 Å². The number of nitrogens with zero attached hydrogens (tertiary/aromatic N) is 3. The van der Waals surface area contributed by atoms with E-state index < -0.39 is 17.1 Å². The number of methoxy groups -OCH3 is 1. The normalized spacial score (nSPS) is 10.7. The number of fused-ring (bicyclic) bond motifs is 1. The number of hydrogen-bond donors (Lipinski definition) is 2. The van der Waals surface area contributed by atoms with E-state index in [-0.39, 0.29) is 12.4 Å². The Morgan fingerprint density at radius 2 is 2.09 bits per heavy atom. The predicted molar refractivity (Wildman–Crippen MR) is 77.9 cm³/mol. The molecule has 2 aromatic heterocycles. The van der Waals surface area contributed by atoms with Crippen LogP contribution < -0.4 is 15.0 Å². The summed E-state index contributed by atoms with van der Waals surface area (Å²) >= 11 is 0. The first-order valence-corrected chi connectivity index (χ1v) is 6.56. The summed E-state index contributed by atoms with van der Waals surface area (Å²) in [4.78, 5) is 30.8. The Labute approximate surface area is 129 Å². The van der Waals surface area contributed by atoms with Crippen molar-refractivity contribution in [2.24, 2.45) is 0 Å². The molecule has 0 radical (unpaired) electrons. The molecule has 0 bridgehead atoms. The molecule has 9 heteroatoms. The number of benzene rings is 1. The number of rotatable bonds is 5. The Kier molecular flexibility index (Phi) is 3.67. The molecule has 3 rings (SSSR count). The van der Waals surface area contributed by atoms with Crippen LogP contribution in [-0.2, 0) is 6.61 Å². The average Bonchev–Trinajstić information content (AvgIpc) is 2.97. The number of H-pyrrole nitrogens is 1. The van der Waals surface area contributed by atoms with Gasteiger partial charge >= 0.3 is 5.97 Å². The highest BCUT2D eigenvalue weighted by Gasteiger charge is 2.14. The molecule has 2 heterocycles. The van der Waals surface area contributed by atoms with Crippen molar-refractivity contribution in [2.45, 2.75) is 6.61 Å².